The third kappa shape index (κ3) is 2.94. The molecule has 0 aromatic heterocycles. The summed E-state index contributed by atoms with van der Waals surface area (Å²) < 4.78 is 0. The largest absolute Gasteiger partial charge is 0.0646 e. The lowest BCUT2D eigenvalue weighted by Crippen LogP contribution is -2.15. The van der Waals surface area contributed by atoms with Crippen molar-refractivity contribution in [1.29, 1.82) is 0 Å². The fourth-order valence-electron chi connectivity index (χ4n) is 1.71. The van der Waals surface area contributed by atoms with Gasteiger partial charge in [0.15, 0.2) is 0 Å². The van der Waals surface area contributed by atoms with Crippen LogP contribution in [0.25, 0.3) is 0 Å². The second-order valence-corrected chi connectivity index (χ2v) is 5.99. The minimum atomic E-state index is 0.320. The molecule has 1 heteroatoms. The lowest BCUT2D eigenvalue weighted by atomic mass is 9.81. The van der Waals surface area contributed by atoms with E-state index in [4.69, 9.17) is 0 Å². The highest BCUT2D eigenvalue weighted by Gasteiger charge is 2.18. The van der Waals surface area contributed by atoms with Gasteiger partial charge in [-0.05, 0) is 28.9 Å². The number of rotatable bonds is 4. The molecule has 0 fully saturated rings. The van der Waals surface area contributed by atoms with Crippen molar-refractivity contribution in [3.05, 3.63) is 35.4 Å². The van der Waals surface area contributed by atoms with E-state index >= 15 is 0 Å². The molecule has 0 amide bonds. The molecule has 1 aromatic carbocycles. The second kappa shape index (κ2) is 4.98. The maximum absolute atomic E-state index is 2.41. The van der Waals surface area contributed by atoms with Gasteiger partial charge in [-0.1, -0.05) is 58.0 Å². The van der Waals surface area contributed by atoms with Crippen LogP contribution in [-0.4, -0.2) is 10.2 Å². The van der Waals surface area contributed by atoms with Gasteiger partial charge in [0, 0.05) is 10.2 Å². The second-order valence-electron chi connectivity index (χ2n) is 5.17. The molecule has 1 unspecified atom stereocenters. The van der Waals surface area contributed by atoms with Gasteiger partial charge >= 0.3 is 0 Å². The van der Waals surface area contributed by atoms with Crippen molar-refractivity contribution in [2.24, 2.45) is 0 Å². The van der Waals surface area contributed by atoms with Crippen LogP contribution in [0.1, 0.15) is 51.2 Å². The summed E-state index contributed by atoms with van der Waals surface area (Å²) in [5.41, 5.74) is 3.33. The van der Waals surface area contributed by atoms with Crippen LogP contribution >= 0.6 is 0 Å². The Kier molecular flexibility index (Phi) is 4.15. The molecule has 0 aliphatic heterocycles. The molecule has 0 saturated carbocycles. The molecule has 0 heterocycles. The number of benzene rings is 1. The lowest BCUT2D eigenvalue weighted by Gasteiger charge is -2.24. The summed E-state index contributed by atoms with van der Waals surface area (Å²) in [4.78, 5) is 0. The standard InChI is InChI=1S/C14H24Si/c1-5-14(3,4)13-8-6-7-12(9-13)11(2)10-15/h6-9,11H,5,10H2,1-4,15H3. The van der Waals surface area contributed by atoms with Crippen molar-refractivity contribution in [2.45, 2.75) is 51.5 Å². The van der Waals surface area contributed by atoms with E-state index in [-0.39, 0.29) is 0 Å². The molecule has 1 atom stereocenters. The third-order valence-electron chi connectivity index (χ3n) is 3.73. The molecule has 0 spiro atoms. The summed E-state index contributed by atoms with van der Waals surface area (Å²) in [5.74, 6) is 0.740. The molecular weight excluding hydrogens is 196 g/mol. The van der Waals surface area contributed by atoms with Crippen LogP contribution in [0.4, 0.5) is 0 Å². The van der Waals surface area contributed by atoms with Gasteiger partial charge in [0.05, 0.1) is 0 Å². The Morgan fingerprint density at radius 1 is 1.33 bits per heavy atom. The predicted octanol–water partition coefficient (Wildman–Crippen LogP) is 3.26. The zero-order valence-electron chi connectivity index (χ0n) is 10.8. The van der Waals surface area contributed by atoms with Crippen LogP contribution in [-0.2, 0) is 5.41 Å². The molecule has 84 valence electrons. The minimum Gasteiger partial charge on any atom is -0.0646 e. The zero-order valence-corrected chi connectivity index (χ0v) is 12.8. The van der Waals surface area contributed by atoms with Crippen LogP contribution in [0.2, 0.25) is 6.04 Å². The zero-order chi connectivity index (χ0) is 11.5. The van der Waals surface area contributed by atoms with Gasteiger partial charge in [-0.25, -0.2) is 0 Å². The SMILES string of the molecule is CCC(C)(C)c1cccc(C(C)C[SiH3])c1. The quantitative estimate of drug-likeness (QED) is 0.683. The summed E-state index contributed by atoms with van der Waals surface area (Å²) in [6.07, 6.45) is 1.20. The maximum Gasteiger partial charge on any atom is 0.00355 e. The Morgan fingerprint density at radius 2 is 2.00 bits per heavy atom. The molecule has 0 aliphatic carbocycles. The Bertz CT molecular complexity index is 315. The first-order chi connectivity index (χ1) is 7.01. The minimum absolute atomic E-state index is 0.320. The van der Waals surface area contributed by atoms with Crippen molar-refractivity contribution < 1.29 is 0 Å². The van der Waals surface area contributed by atoms with Crippen LogP contribution < -0.4 is 0 Å². The highest BCUT2D eigenvalue weighted by molar-refractivity contribution is 6.09. The van der Waals surface area contributed by atoms with Crippen molar-refractivity contribution >= 4 is 10.2 Å². The van der Waals surface area contributed by atoms with Gasteiger partial charge in [0.2, 0.25) is 0 Å². The lowest BCUT2D eigenvalue weighted by molar-refractivity contribution is 0.505. The van der Waals surface area contributed by atoms with E-state index in [0.717, 1.165) is 5.92 Å². The van der Waals surface area contributed by atoms with E-state index in [1.54, 1.807) is 0 Å². The highest BCUT2D eigenvalue weighted by atomic mass is 28.1. The summed E-state index contributed by atoms with van der Waals surface area (Å²) in [6, 6.07) is 10.5. The molecule has 1 aromatic rings. The average Bonchev–Trinajstić information content (AvgIpc) is 2.28. The van der Waals surface area contributed by atoms with E-state index in [9.17, 15) is 0 Å². The summed E-state index contributed by atoms with van der Waals surface area (Å²) in [5, 5.41) is 0. The first-order valence-corrected chi connectivity index (χ1v) is 7.53. The Labute approximate surface area is 97.5 Å². The van der Waals surface area contributed by atoms with Crippen molar-refractivity contribution in [3.63, 3.8) is 0 Å². The molecular formula is C14H24Si. The van der Waals surface area contributed by atoms with Gasteiger partial charge in [-0.2, -0.15) is 0 Å². The van der Waals surface area contributed by atoms with E-state index in [0.29, 0.717) is 5.41 Å². The van der Waals surface area contributed by atoms with Gasteiger partial charge < -0.3 is 0 Å². The van der Waals surface area contributed by atoms with Crippen molar-refractivity contribution in [2.75, 3.05) is 0 Å². The van der Waals surface area contributed by atoms with Gasteiger partial charge in [0.1, 0.15) is 0 Å². The normalized spacial score (nSPS) is 14.1. The fourth-order valence-corrected chi connectivity index (χ4v) is 2.18. The van der Waals surface area contributed by atoms with Crippen LogP contribution in [0.5, 0.6) is 0 Å². The first kappa shape index (κ1) is 12.5. The molecule has 0 N–H and O–H groups in total. The molecule has 0 saturated heterocycles. The van der Waals surface area contributed by atoms with E-state index < -0.39 is 0 Å². The van der Waals surface area contributed by atoms with Crippen molar-refractivity contribution in [3.8, 4) is 0 Å². The first-order valence-electron chi connectivity index (χ1n) is 6.11. The van der Waals surface area contributed by atoms with E-state index in [1.165, 1.54) is 33.8 Å². The Morgan fingerprint density at radius 3 is 2.53 bits per heavy atom. The summed E-state index contributed by atoms with van der Waals surface area (Å²) in [7, 11) is 1.30. The summed E-state index contributed by atoms with van der Waals surface area (Å²) in [6.45, 7) is 9.27. The fraction of sp³-hybridized carbons (Fsp3) is 0.571. The van der Waals surface area contributed by atoms with Gasteiger partial charge in [0.25, 0.3) is 0 Å². The Hall–Kier alpha value is -0.563. The molecule has 0 nitrogen and oxygen atoms in total. The maximum atomic E-state index is 2.41. The average molecular weight is 220 g/mol. The topological polar surface area (TPSA) is 0 Å². The van der Waals surface area contributed by atoms with Crippen LogP contribution in [0, 0.1) is 0 Å². The van der Waals surface area contributed by atoms with Crippen molar-refractivity contribution in [1.82, 2.24) is 0 Å². The monoisotopic (exact) mass is 220 g/mol. The van der Waals surface area contributed by atoms with E-state index in [1.807, 2.05) is 0 Å². The molecule has 0 bridgehead atoms. The third-order valence-corrected chi connectivity index (χ3v) is 4.96. The molecule has 15 heavy (non-hydrogen) atoms. The molecule has 0 radical (unpaired) electrons. The smallest absolute Gasteiger partial charge is 0.00355 e. The predicted molar refractivity (Wildman–Crippen MR) is 72.9 cm³/mol. The van der Waals surface area contributed by atoms with Crippen LogP contribution in [0.3, 0.4) is 0 Å². The molecule has 1 rings (SSSR count). The van der Waals surface area contributed by atoms with Gasteiger partial charge in [-0.3, -0.25) is 0 Å². The number of hydrogen-bond acceptors (Lipinski definition) is 0. The van der Waals surface area contributed by atoms with Crippen LogP contribution in [0.15, 0.2) is 24.3 Å². The number of hydrogen-bond donors (Lipinski definition) is 0. The van der Waals surface area contributed by atoms with Gasteiger partial charge in [-0.15, -0.1) is 0 Å². The van der Waals surface area contributed by atoms with E-state index in [2.05, 4.69) is 52.0 Å². The Balaban J connectivity index is 3.02. The molecule has 0 aliphatic rings. The highest BCUT2D eigenvalue weighted by Crippen LogP contribution is 2.29. The summed E-state index contributed by atoms with van der Waals surface area (Å²) >= 11 is 0.